The number of urea groups is 1. The van der Waals surface area contributed by atoms with Crippen LogP contribution in [0.4, 0.5) is 4.79 Å². The molecule has 2 saturated heterocycles. The quantitative estimate of drug-likeness (QED) is 0.674. The lowest BCUT2D eigenvalue weighted by molar-refractivity contribution is -0.115. The molecule has 160 valence electrons. The predicted octanol–water partition coefficient (Wildman–Crippen LogP) is 2.12. The lowest BCUT2D eigenvalue weighted by Gasteiger charge is -2.45. The van der Waals surface area contributed by atoms with Crippen LogP contribution in [0.3, 0.4) is 0 Å². The lowest BCUT2D eigenvalue weighted by atomic mass is 9.91. The fourth-order valence-corrected chi connectivity index (χ4v) is 3.89. The first-order valence-electron chi connectivity index (χ1n) is 10.5. The van der Waals surface area contributed by atoms with E-state index in [1.807, 2.05) is 29.0 Å². The Hall–Kier alpha value is -2.12. The molecule has 0 radical (unpaired) electrons. The number of likely N-dealkylation sites (tertiary alicyclic amines) is 2. The zero-order chi connectivity index (χ0) is 20.8. The number of carbonyl (C=O) groups excluding carboxylic acids is 2. The third kappa shape index (κ3) is 5.48. The van der Waals surface area contributed by atoms with Crippen LogP contribution in [0.1, 0.15) is 31.7 Å². The first-order valence-corrected chi connectivity index (χ1v) is 10.5. The van der Waals surface area contributed by atoms with Crippen LogP contribution < -0.4 is 10.1 Å². The molecule has 0 aliphatic carbocycles. The van der Waals surface area contributed by atoms with Crippen molar-refractivity contribution in [2.45, 2.75) is 38.3 Å². The van der Waals surface area contributed by atoms with Crippen LogP contribution >= 0.6 is 0 Å². The molecule has 1 aromatic carbocycles. The summed E-state index contributed by atoms with van der Waals surface area (Å²) < 4.78 is 11.3. The molecule has 3 rings (SSSR count). The fourth-order valence-electron chi connectivity index (χ4n) is 3.89. The molecule has 7 heteroatoms. The summed E-state index contributed by atoms with van der Waals surface area (Å²) in [4.78, 5) is 27.2. The van der Waals surface area contributed by atoms with Gasteiger partial charge in [0.05, 0.1) is 18.8 Å². The molecule has 7 nitrogen and oxygen atoms in total. The zero-order valence-electron chi connectivity index (χ0n) is 17.7. The third-order valence-corrected chi connectivity index (χ3v) is 5.66. The molecule has 2 fully saturated rings. The first-order chi connectivity index (χ1) is 14.0. The summed E-state index contributed by atoms with van der Waals surface area (Å²) in [5, 5.41) is 3.21. The van der Waals surface area contributed by atoms with Crippen molar-refractivity contribution < 1.29 is 19.1 Å². The van der Waals surface area contributed by atoms with E-state index in [0.29, 0.717) is 24.9 Å². The van der Waals surface area contributed by atoms with Crippen molar-refractivity contribution in [2.75, 3.05) is 46.4 Å². The van der Waals surface area contributed by atoms with Crippen LogP contribution in [-0.4, -0.2) is 80.7 Å². The molecule has 2 aliphatic rings. The van der Waals surface area contributed by atoms with Crippen LogP contribution in [0.25, 0.3) is 0 Å². The maximum absolute atomic E-state index is 12.8. The molecule has 0 bridgehead atoms. The van der Waals surface area contributed by atoms with E-state index >= 15 is 0 Å². The Kier molecular flexibility index (Phi) is 7.50. The average Bonchev–Trinajstić information content (AvgIpc) is 2.70. The van der Waals surface area contributed by atoms with Crippen LogP contribution in [0.2, 0.25) is 0 Å². The van der Waals surface area contributed by atoms with E-state index in [0.717, 1.165) is 38.2 Å². The van der Waals surface area contributed by atoms with Crippen molar-refractivity contribution in [3.63, 3.8) is 0 Å². The summed E-state index contributed by atoms with van der Waals surface area (Å²) >= 11 is 0. The van der Waals surface area contributed by atoms with Gasteiger partial charge in [0.2, 0.25) is 0 Å². The van der Waals surface area contributed by atoms with Gasteiger partial charge in [-0.3, -0.25) is 0 Å². The Balaban J connectivity index is 1.47. The van der Waals surface area contributed by atoms with Crippen molar-refractivity contribution in [1.29, 1.82) is 0 Å². The number of piperidine rings is 1. The van der Waals surface area contributed by atoms with E-state index in [9.17, 15) is 9.59 Å². The van der Waals surface area contributed by atoms with E-state index in [-0.39, 0.29) is 24.8 Å². The minimum atomic E-state index is -0.0326. The van der Waals surface area contributed by atoms with Crippen molar-refractivity contribution >= 4 is 12.3 Å². The number of rotatable bonds is 8. The molecule has 1 aromatic rings. The van der Waals surface area contributed by atoms with Gasteiger partial charge in [-0.1, -0.05) is 26.0 Å². The number of amides is 2. The molecule has 2 heterocycles. The largest absolute Gasteiger partial charge is 0.493 e. The summed E-state index contributed by atoms with van der Waals surface area (Å²) in [6, 6.07) is 8.38. The van der Waals surface area contributed by atoms with Gasteiger partial charge in [-0.15, -0.1) is 0 Å². The molecule has 0 spiro atoms. The number of likely N-dealkylation sites (N-methyl/N-ethyl adjacent to an activating group) is 1. The second kappa shape index (κ2) is 10.1. The smallest absolute Gasteiger partial charge is 0.320 e. The molecular weight excluding hydrogens is 370 g/mol. The standard InChI is InChI=1S/C22H33N3O4/c1-16(2)15-29-19-6-4-17(5-7-19)18-12-25(13-18)22(27)24-9-8-21(28-11-10-26)20(14-24)23-3/h4-7,10,16,18,20-21,23H,8-9,11-15H2,1-3H3/t20-,21+/m1/s1. The number of carbonyl (C=O) groups is 2. The summed E-state index contributed by atoms with van der Waals surface area (Å²) in [5.41, 5.74) is 1.25. The molecule has 0 unspecified atom stereocenters. The number of benzene rings is 1. The minimum Gasteiger partial charge on any atom is -0.493 e. The zero-order valence-corrected chi connectivity index (χ0v) is 17.7. The van der Waals surface area contributed by atoms with Gasteiger partial charge >= 0.3 is 6.03 Å². The number of aldehydes is 1. The number of nitrogens with zero attached hydrogens (tertiary/aromatic N) is 2. The van der Waals surface area contributed by atoms with Gasteiger partial charge in [0, 0.05) is 32.1 Å². The highest BCUT2D eigenvalue weighted by Gasteiger charge is 2.37. The van der Waals surface area contributed by atoms with Gasteiger partial charge in [-0.2, -0.15) is 0 Å². The van der Waals surface area contributed by atoms with Gasteiger partial charge in [0.15, 0.2) is 0 Å². The van der Waals surface area contributed by atoms with Gasteiger partial charge in [-0.25, -0.2) is 4.79 Å². The van der Waals surface area contributed by atoms with Crippen molar-refractivity contribution in [3.8, 4) is 5.75 Å². The highest BCUT2D eigenvalue weighted by Crippen LogP contribution is 2.30. The number of hydrogen-bond acceptors (Lipinski definition) is 5. The molecule has 0 saturated carbocycles. The number of ether oxygens (including phenoxy) is 2. The Labute approximate surface area is 173 Å². The monoisotopic (exact) mass is 403 g/mol. The van der Waals surface area contributed by atoms with Crippen LogP contribution in [-0.2, 0) is 9.53 Å². The van der Waals surface area contributed by atoms with Crippen molar-refractivity contribution in [1.82, 2.24) is 15.1 Å². The molecule has 2 atom stereocenters. The van der Waals surface area contributed by atoms with Gasteiger partial charge in [0.25, 0.3) is 0 Å². The van der Waals surface area contributed by atoms with E-state index in [1.54, 1.807) is 0 Å². The average molecular weight is 404 g/mol. The van der Waals surface area contributed by atoms with Gasteiger partial charge in [-0.05, 0) is 37.1 Å². The van der Waals surface area contributed by atoms with Gasteiger partial charge in [0.1, 0.15) is 18.6 Å². The SMILES string of the molecule is CN[C@@H]1CN(C(=O)N2CC(c3ccc(OCC(C)C)cc3)C2)CC[C@@H]1OCC=O. The number of hydrogen-bond donors (Lipinski definition) is 1. The summed E-state index contributed by atoms with van der Waals surface area (Å²) in [6.45, 7) is 7.84. The summed E-state index contributed by atoms with van der Waals surface area (Å²) in [5.74, 6) is 1.78. The van der Waals surface area contributed by atoms with Crippen molar-refractivity contribution in [2.24, 2.45) is 5.92 Å². The highest BCUT2D eigenvalue weighted by molar-refractivity contribution is 5.76. The molecule has 2 amide bonds. The summed E-state index contributed by atoms with van der Waals surface area (Å²) in [7, 11) is 1.87. The van der Waals surface area contributed by atoms with E-state index in [4.69, 9.17) is 9.47 Å². The van der Waals surface area contributed by atoms with Gasteiger partial charge < -0.3 is 29.4 Å². The second-order valence-corrected chi connectivity index (χ2v) is 8.33. The Bertz CT molecular complexity index is 673. The minimum absolute atomic E-state index is 0.0326. The maximum atomic E-state index is 12.8. The topological polar surface area (TPSA) is 71.1 Å². The molecule has 2 aliphatic heterocycles. The van der Waals surface area contributed by atoms with Crippen LogP contribution in [0.15, 0.2) is 24.3 Å². The second-order valence-electron chi connectivity index (χ2n) is 8.33. The molecule has 0 aromatic heterocycles. The first kappa shape index (κ1) is 21.6. The van der Waals surface area contributed by atoms with E-state index in [2.05, 4.69) is 31.3 Å². The Morgan fingerprint density at radius 3 is 2.55 bits per heavy atom. The highest BCUT2D eigenvalue weighted by atomic mass is 16.5. The van der Waals surface area contributed by atoms with E-state index in [1.165, 1.54) is 5.56 Å². The molecule has 1 N–H and O–H groups in total. The fraction of sp³-hybridized carbons (Fsp3) is 0.636. The van der Waals surface area contributed by atoms with Crippen molar-refractivity contribution in [3.05, 3.63) is 29.8 Å². The summed E-state index contributed by atoms with van der Waals surface area (Å²) in [6.07, 6.45) is 1.47. The van der Waals surface area contributed by atoms with Crippen LogP contribution in [0.5, 0.6) is 5.75 Å². The third-order valence-electron chi connectivity index (χ3n) is 5.66. The Morgan fingerprint density at radius 2 is 1.93 bits per heavy atom. The molecular formula is C22H33N3O4. The Morgan fingerprint density at radius 1 is 1.21 bits per heavy atom. The predicted molar refractivity (Wildman–Crippen MR) is 111 cm³/mol. The number of nitrogens with one attached hydrogen (secondary N) is 1. The van der Waals surface area contributed by atoms with E-state index < -0.39 is 0 Å². The van der Waals surface area contributed by atoms with Crippen LogP contribution in [0, 0.1) is 5.92 Å². The molecule has 29 heavy (non-hydrogen) atoms. The normalized spacial score (nSPS) is 22.5. The lowest BCUT2D eigenvalue weighted by Crippen LogP contribution is -2.60. The maximum Gasteiger partial charge on any atom is 0.320 e.